The number of nitro groups is 1. The lowest BCUT2D eigenvalue weighted by molar-refractivity contribution is -0.384. The summed E-state index contributed by atoms with van der Waals surface area (Å²) in [6.45, 7) is 0. The van der Waals surface area contributed by atoms with E-state index in [-0.39, 0.29) is 23.5 Å². The SMILES string of the molecule is COC(=O)[C@@H]1Nc2c(cccc2[N+](=O)[O-])[C@@H]2C=CC[C@H]12. The number of para-hydroxylation sites is 1. The summed E-state index contributed by atoms with van der Waals surface area (Å²) in [6, 6.07) is 4.45. The third-order valence-corrected chi connectivity index (χ3v) is 4.03. The molecule has 6 nitrogen and oxygen atoms in total. The molecule has 104 valence electrons. The Bertz CT molecular complexity index is 611. The van der Waals surface area contributed by atoms with Crippen molar-refractivity contribution >= 4 is 17.3 Å². The van der Waals surface area contributed by atoms with Crippen molar-refractivity contribution in [2.45, 2.75) is 18.4 Å². The fourth-order valence-electron chi connectivity index (χ4n) is 3.12. The number of carbonyl (C=O) groups excluding carboxylic acids is 1. The van der Waals surface area contributed by atoms with Crippen molar-refractivity contribution in [2.24, 2.45) is 5.92 Å². The second-order valence-corrected chi connectivity index (χ2v) is 5.00. The van der Waals surface area contributed by atoms with Crippen LogP contribution in [0.15, 0.2) is 30.4 Å². The summed E-state index contributed by atoms with van der Waals surface area (Å²) < 4.78 is 4.81. The molecular formula is C14H14N2O4. The molecule has 0 spiro atoms. The van der Waals surface area contributed by atoms with E-state index in [0.29, 0.717) is 5.69 Å². The molecule has 0 saturated heterocycles. The van der Waals surface area contributed by atoms with Crippen LogP contribution < -0.4 is 5.32 Å². The fourth-order valence-corrected chi connectivity index (χ4v) is 3.12. The van der Waals surface area contributed by atoms with Crippen LogP contribution >= 0.6 is 0 Å². The number of carbonyl (C=O) groups is 1. The molecule has 0 saturated carbocycles. The standard InChI is InChI=1S/C14H14N2O4/c1-20-14(17)13-10-5-2-4-8(10)9-6-3-7-11(16(18)19)12(9)15-13/h2-4,6-8,10,13,15H,5H2,1H3/t8-,10-,13+/m0/s1. The lowest BCUT2D eigenvalue weighted by atomic mass is 9.79. The number of hydrogen-bond donors (Lipinski definition) is 1. The van der Waals surface area contributed by atoms with E-state index in [1.165, 1.54) is 13.2 Å². The molecule has 6 heteroatoms. The number of esters is 1. The summed E-state index contributed by atoms with van der Waals surface area (Å²) in [5.74, 6) is -0.306. The van der Waals surface area contributed by atoms with E-state index < -0.39 is 11.0 Å². The van der Waals surface area contributed by atoms with E-state index in [2.05, 4.69) is 5.32 Å². The van der Waals surface area contributed by atoms with Crippen molar-refractivity contribution in [2.75, 3.05) is 12.4 Å². The van der Waals surface area contributed by atoms with Gasteiger partial charge in [0.15, 0.2) is 0 Å². The van der Waals surface area contributed by atoms with Gasteiger partial charge in [-0.05, 0) is 12.0 Å². The number of anilines is 1. The Balaban J connectivity index is 2.11. The maximum absolute atomic E-state index is 11.9. The molecule has 2 aliphatic rings. The van der Waals surface area contributed by atoms with Crippen LogP contribution in [0.2, 0.25) is 0 Å². The molecule has 1 N–H and O–H groups in total. The van der Waals surface area contributed by atoms with Crippen LogP contribution in [0.4, 0.5) is 11.4 Å². The van der Waals surface area contributed by atoms with Crippen molar-refractivity contribution < 1.29 is 14.5 Å². The van der Waals surface area contributed by atoms with Crippen molar-refractivity contribution in [1.82, 2.24) is 0 Å². The summed E-state index contributed by atoms with van der Waals surface area (Å²) in [7, 11) is 1.33. The van der Waals surface area contributed by atoms with E-state index >= 15 is 0 Å². The van der Waals surface area contributed by atoms with E-state index in [9.17, 15) is 14.9 Å². The molecule has 1 aromatic rings. The highest BCUT2D eigenvalue weighted by Crippen LogP contribution is 2.47. The quantitative estimate of drug-likeness (QED) is 0.387. The van der Waals surface area contributed by atoms with Crippen molar-refractivity contribution in [3.8, 4) is 0 Å². The second kappa shape index (κ2) is 4.63. The molecule has 0 amide bonds. The van der Waals surface area contributed by atoms with Gasteiger partial charge in [-0.15, -0.1) is 0 Å². The first-order valence-electron chi connectivity index (χ1n) is 6.42. The largest absolute Gasteiger partial charge is 0.467 e. The van der Waals surface area contributed by atoms with Gasteiger partial charge in [0.1, 0.15) is 11.7 Å². The van der Waals surface area contributed by atoms with E-state index in [1.807, 2.05) is 18.2 Å². The van der Waals surface area contributed by atoms with Crippen molar-refractivity contribution in [1.29, 1.82) is 0 Å². The summed E-state index contributed by atoms with van der Waals surface area (Å²) in [5, 5.41) is 14.2. The average Bonchev–Trinajstić information content (AvgIpc) is 2.94. The Labute approximate surface area is 115 Å². The number of allylic oxidation sites excluding steroid dienone is 2. The minimum absolute atomic E-state index is 0.00449. The molecule has 0 fully saturated rings. The van der Waals surface area contributed by atoms with Crippen LogP contribution in [0.1, 0.15) is 17.9 Å². The lowest BCUT2D eigenvalue weighted by Gasteiger charge is -2.34. The first-order chi connectivity index (χ1) is 9.63. The van der Waals surface area contributed by atoms with Crippen LogP contribution in [-0.4, -0.2) is 24.0 Å². The molecule has 1 aliphatic carbocycles. The Morgan fingerprint density at radius 1 is 1.50 bits per heavy atom. The van der Waals surface area contributed by atoms with Gasteiger partial charge in [-0.2, -0.15) is 0 Å². The Morgan fingerprint density at radius 2 is 2.30 bits per heavy atom. The van der Waals surface area contributed by atoms with Gasteiger partial charge in [-0.1, -0.05) is 24.3 Å². The highest BCUT2D eigenvalue weighted by Gasteiger charge is 2.43. The molecule has 0 bridgehead atoms. The summed E-state index contributed by atoms with van der Waals surface area (Å²) in [4.78, 5) is 22.6. The van der Waals surface area contributed by atoms with Gasteiger partial charge < -0.3 is 10.1 Å². The monoisotopic (exact) mass is 274 g/mol. The van der Waals surface area contributed by atoms with Crippen LogP contribution in [0.25, 0.3) is 0 Å². The first-order valence-corrected chi connectivity index (χ1v) is 6.42. The van der Waals surface area contributed by atoms with Gasteiger partial charge >= 0.3 is 5.97 Å². The number of nitrogens with one attached hydrogen (secondary N) is 1. The van der Waals surface area contributed by atoms with Gasteiger partial charge in [0.05, 0.1) is 12.0 Å². The molecule has 0 aromatic heterocycles. The molecular weight excluding hydrogens is 260 g/mol. The zero-order valence-corrected chi connectivity index (χ0v) is 10.9. The first kappa shape index (κ1) is 12.7. The molecule has 1 aliphatic heterocycles. The number of nitro benzene ring substituents is 1. The minimum atomic E-state index is -0.548. The minimum Gasteiger partial charge on any atom is -0.467 e. The van der Waals surface area contributed by atoms with E-state index in [1.54, 1.807) is 6.07 Å². The molecule has 1 aromatic carbocycles. The summed E-state index contributed by atoms with van der Waals surface area (Å²) in [6.07, 6.45) is 4.80. The maximum Gasteiger partial charge on any atom is 0.328 e. The smallest absolute Gasteiger partial charge is 0.328 e. The van der Waals surface area contributed by atoms with Crippen molar-refractivity contribution in [3.05, 3.63) is 46.0 Å². The number of rotatable bonds is 2. The zero-order chi connectivity index (χ0) is 14.3. The molecule has 1 heterocycles. The van der Waals surface area contributed by atoms with Gasteiger partial charge in [-0.3, -0.25) is 10.1 Å². The molecule has 20 heavy (non-hydrogen) atoms. The van der Waals surface area contributed by atoms with Gasteiger partial charge in [0.25, 0.3) is 5.69 Å². The highest BCUT2D eigenvalue weighted by molar-refractivity contribution is 5.84. The molecule has 0 radical (unpaired) electrons. The molecule has 3 atom stereocenters. The lowest BCUT2D eigenvalue weighted by Crippen LogP contribution is -2.42. The molecule has 0 unspecified atom stereocenters. The Morgan fingerprint density at radius 3 is 3.00 bits per heavy atom. The fraction of sp³-hybridized carbons (Fsp3) is 0.357. The molecule has 3 rings (SSSR count). The van der Waals surface area contributed by atoms with Crippen LogP contribution in [0, 0.1) is 16.0 Å². The predicted molar refractivity (Wildman–Crippen MR) is 72.5 cm³/mol. The third kappa shape index (κ3) is 1.76. The van der Waals surface area contributed by atoms with Gasteiger partial charge in [0, 0.05) is 17.9 Å². The van der Waals surface area contributed by atoms with E-state index in [0.717, 1.165) is 12.0 Å². The maximum atomic E-state index is 11.9. The number of fused-ring (bicyclic) bond motifs is 3. The number of methoxy groups -OCH3 is 1. The Hall–Kier alpha value is -2.37. The van der Waals surface area contributed by atoms with E-state index in [4.69, 9.17) is 4.74 Å². The topological polar surface area (TPSA) is 81.5 Å². The van der Waals surface area contributed by atoms with Crippen LogP contribution in [-0.2, 0) is 9.53 Å². The van der Waals surface area contributed by atoms with Gasteiger partial charge in [0.2, 0.25) is 0 Å². The summed E-state index contributed by atoms with van der Waals surface area (Å²) in [5.41, 5.74) is 1.30. The third-order valence-electron chi connectivity index (χ3n) is 4.03. The number of benzene rings is 1. The zero-order valence-electron chi connectivity index (χ0n) is 10.9. The Kier molecular flexibility index (Phi) is 2.93. The normalized spacial score (nSPS) is 26.4. The van der Waals surface area contributed by atoms with Gasteiger partial charge in [-0.25, -0.2) is 4.79 Å². The van der Waals surface area contributed by atoms with Crippen molar-refractivity contribution in [3.63, 3.8) is 0 Å². The number of ether oxygens (including phenoxy) is 1. The second-order valence-electron chi connectivity index (χ2n) is 5.00. The average molecular weight is 274 g/mol. The van der Waals surface area contributed by atoms with Crippen LogP contribution in [0.3, 0.4) is 0 Å². The highest BCUT2D eigenvalue weighted by atomic mass is 16.6. The summed E-state index contributed by atoms with van der Waals surface area (Å²) >= 11 is 0. The predicted octanol–water partition coefficient (Wildman–Crippen LogP) is 2.22. The number of hydrogen-bond acceptors (Lipinski definition) is 5. The number of nitrogens with zero attached hydrogens (tertiary/aromatic N) is 1. The van der Waals surface area contributed by atoms with Crippen LogP contribution in [0.5, 0.6) is 0 Å².